The number of hydrogen-bond donors (Lipinski definition) is 4. The van der Waals surface area contributed by atoms with Crippen LogP contribution >= 0.6 is 0 Å². The fraction of sp³-hybridized carbons (Fsp3) is 0.838. The number of ether oxygens (including phenoxy) is 3. The fourth-order valence-corrected chi connectivity index (χ4v) is 10.6. The molecule has 15 atom stereocenters. The van der Waals surface area contributed by atoms with Crippen LogP contribution in [-0.2, 0) is 23.8 Å². The van der Waals surface area contributed by atoms with E-state index in [2.05, 4.69) is 47.3 Å². The van der Waals surface area contributed by atoms with Gasteiger partial charge >= 0.3 is 11.9 Å². The van der Waals surface area contributed by atoms with E-state index in [1.54, 1.807) is 6.92 Å². The first-order chi connectivity index (χ1) is 21.5. The molecule has 0 aromatic rings. The van der Waals surface area contributed by atoms with E-state index in [1.165, 1.54) is 12.5 Å². The molecule has 0 spiro atoms. The van der Waals surface area contributed by atoms with Gasteiger partial charge in [0.15, 0.2) is 6.29 Å². The second-order valence-corrected chi connectivity index (χ2v) is 16.2. The summed E-state index contributed by atoms with van der Waals surface area (Å²) in [6.45, 7) is 18.3. The Morgan fingerprint density at radius 3 is 2.35 bits per heavy atom. The summed E-state index contributed by atoms with van der Waals surface area (Å²) in [6, 6.07) is 0. The minimum Gasteiger partial charge on any atom is -0.481 e. The normalized spacial score (nSPS) is 46.0. The van der Waals surface area contributed by atoms with E-state index in [1.807, 2.05) is 0 Å². The number of fused-ring (bicyclic) bond motifs is 5. The minimum absolute atomic E-state index is 0.0499. The molecule has 4 aliphatic carbocycles. The Bertz CT molecular complexity index is 1200. The number of carboxylic acid groups (broad SMARTS) is 1. The fourth-order valence-electron chi connectivity index (χ4n) is 10.6. The first-order valence-corrected chi connectivity index (χ1v) is 17.6. The Morgan fingerprint density at radius 2 is 1.72 bits per heavy atom. The maximum Gasteiger partial charge on any atom is 0.306 e. The van der Waals surface area contributed by atoms with E-state index in [-0.39, 0.29) is 34.5 Å². The van der Waals surface area contributed by atoms with E-state index in [0.29, 0.717) is 30.6 Å². The van der Waals surface area contributed by atoms with Crippen molar-refractivity contribution < 1.29 is 44.2 Å². The summed E-state index contributed by atoms with van der Waals surface area (Å²) in [6.07, 6.45) is 1.99. The molecule has 5 rings (SSSR count). The van der Waals surface area contributed by atoms with Gasteiger partial charge in [0.1, 0.15) is 30.5 Å². The van der Waals surface area contributed by atoms with Crippen molar-refractivity contribution in [2.75, 3.05) is 0 Å². The van der Waals surface area contributed by atoms with Gasteiger partial charge in [0.05, 0.1) is 12.0 Å². The number of carbonyl (C=O) groups excluding carboxylic acids is 1. The van der Waals surface area contributed by atoms with Crippen molar-refractivity contribution in [2.45, 2.75) is 143 Å². The topological polar surface area (TPSA) is 143 Å². The third-order valence-electron chi connectivity index (χ3n) is 13.4. The van der Waals surface area contributed by atoms with E-state index < -0.39 is 54.9 Å². The lowest BCUT2D eigenvalue weighted by atomic mass is 9.45. The second kappa shape index (κ2) is 13.3. The molecule has 4 fully saturated rings. The zero-order valence-electron chi connectivity index (χ0n) is 28.9. The molecule has 0 radical (unpaired) electrons. The highest BCUT2D eigenvalue weighted by atomic mass is 16.7. The summed E-state index contributed by atoms with van der Waals surface area (Å²) in [4.78, 5) is 25.1. The maximum atomic E-state index is 12.7. The van der Waals surface area contributed by atoms with Crippen LogP contribution < -0.4 is 0 Å². The summed E-state index contributed by atoms with van der Waals surface area (Å²) in [5, 5.41) is 41.7. The van der Waals surface area contributed by atoms with Crippen LogP contribution in [0.25, 0.3) is 0 Å². The monoisotopic (exact) mass is 646 g/mol. The number of allylic oxidation sites excluding steroid dienone is 3. The molecule has 4 N–H and O–H groups in total. The molecule has 5 aliphatic rings. The smallest absolute Gasteiger partial charge is 0.306 e. The van der Waals surface area contributed by atoms with Gasteiger partial charge in [0.2, 0.25) is 0 Å². The molecule has 0 aromatic carbocycles. The summed E-state index contributed by atoms with van der Waals surface area (Å²) in [7, 11) is 0. The van der Waals surface area contributed by atoms with Gasteiger partial charge in [0, 0.05) is 6.92 Å². The predicted molar refractivity (Wildman–Crippen MR) is 172 cm³/mol. The number of aliphatic carboxylic acids is 1. The van der Waals surface area contributed by atoms with E-state index in [4.69, 9.17) is 14.2 Å². The molecular weight excluding hydrogens is 588 g/mol. The molecule has 1 heterocycles. The predicted octanol–water partition coefficient (Wildman–Crippen LogP) is 5.26. The third-order valence-corrected chi connectivity index (χ3v) is 13.4. The zero-order chi connectivity index (χ0) is 33.9. The average Bonchev–Trinajstić information content (AvgIpc) is 3.32. The Morgan fingerprint density at radius 1 is 1.04 bits per heavy atom. The molecule has 46 heavy (non-hydrogen) atoms. The van der Waals surface area contributed by atoms with Crippen LogP contribution in [0.3, 0.4) is 0 Å². The largest absolute Gasteiger partial charge is 0.481 e. The summed E-state index contributed by atoms with van der Waals surface area (Å²) >= 11 is 0. The lowest BCUT2D eigenvalue weighted by molar-refractivity contribution is -0.323. The van der Waals surface area contributed by atoms with Crippen LogP contribution in [0, 0.1) is 52.3 Å². The number of rotatable bonds is 9. The van der Waals surface area contributed by atoms with Crippen molar-refractivity contribution in [1.82, 2.24) is 0 Å². The van der Waals surface area contributed by atoms with Crippen LogP contribution in [0.4, 0.5) is 0 Å². The van der Waals surface area contributed by atoms with Crippen LogP contribution in [0.2, 0.25) is 0 Å². The van der Waals surface area contributed by atoms with Gasteiger partial charge in [-0.25, -0.2) is 0 Å². The number of esters is 1. The van der Waals surface area contributed by atoms with Crippen molar-refractivity contribution in [2.24, 2.45) is 52.3 Å². The Labute approximate surface area is 274 Å². The molecule has 9 nitrogen and oxygen atoms in total. The van der Waals surface area contributed by atoms with E-state index in [0.717, 1.165) is 44.1 Å². The van der Waals surface area contributed by atoms with Gasteiger partial charge < -0.3 is 34.6 Å². The quantitative estimate of drug-likeness (QED) is 0.195. The molecule has 0 amide bonds. The van der Waals surface area contributed by atoms with Crippen LogP contribution in [-0.4, -0.2) is 75.3 Å². The van der Waals surface area contributed by atoms with Crippen molar-refractivity contribution in [3.8, 4) is 0 Å². The van der Waals surface area contributed by atoms with Gasteiger partial charge in [-0.3, -0.25) is 9.59 Å². The SMILES string of the molecule is C=C(CC[C@@H](C(=O)O)[C@H]1CC[C@H]2C3=CCC4[C@H](C)[C@@H](O[C@@H]5O[C@@H](C)[C@H](O)[C@@H](O)[C@H]5O)[C@H](OC(C)=O)C[C@]4(C)[C@H]3CC[C@]12C)C(C)C. The molecule has 0 aromatic heterocycles. The Kier molecular flexibility index (Phi) is 10.2. The average molecular weight is 647 g/mol. The first kappa shape index (κ1) is 35.5. The van der Waals surface area contributed by atoms with Crippen LogP contribution in [0.15, 0.2) is 23.8 Å². The Balaban J connectivity index is 1.39. The number of carbonyl (C=O) groups is 2. The molecular formula is C37H58O9. The second-order valence-electron chi connectivity index (χ2n) is 16.2. The molecule has 0 bridgehead atoms. The molecule has 3 saturated carbocycles. The van der Waals surface area contributed by atoms with Gasteiger partial charge in [-0.2, -0.15) is 0 Å². The summed E-state index contributed by atoms with van der Waals surface area (Å²) in [5.41, 5.74) is 2.34. The number of aliphatic hydroxyl groups excluding tert-OH is 3. The van der Waals surface area contributed by atoms with Crippen molar-refractivity contribution in [3.63, 3.8) is 0 Å². The van der Waals surface area contributed by atoms with Crippen LogP contribution in [0.5, 0.6) is 0 Å². The third kappa shape index (κ3) is 6.13. The summed E-state index contributed by atoms with van der Waals surface area (Å²) < 4.78 is 18.1. The van der Waals surface area contributed by atoms with E-state index >= 15 is 0 Å². The standard InChI is InChI=1S/C37H58O9/c1-18(2)19(3)9-10-24(34(42)43)27-14-13-26-23-11-12-25-20(4)33(46-35-32(41)31(40)30(39)21(5)44-35)29(45-22(6)38)17-37(25,8)28(23)15-16-36(26,27)7/h11,18,20-21,24-33,35,39-41H,3,9-10,12-17H2,1-2,4-8H3,(H,42,43)/t20-,21-,24+,25?,26-,27+,28-,29+,30-,31+,32+,33+,35-,36-,37-/m0/s1. The number of hydrogen-bond acceptors (Lipinski definition) is 8. The first-order valence-electron chi connectivity index (χ1n) is 17.6. The molecule has 1 saturated heterocycles. The van der Waals surface area contributed by atoms with Gasteiger partial charge in [0.25, 0.3) is 0 Å². The molecule has 1 unspecified atom stereocenters. The number of aliphatic hydroxyl groups is 3. The minimum atomic E-state index is -1.44. The highest BCUT2D eigenvalue weighted by Crippen LogP contribution is 2.68. The summed E-state index contributed by atoms with van der Waals surface area (Å²) in [5.74, 6) is -0.193. The molecule has 260 valence electrons. The van der Waals surface area contributed by atoms with E-state index in [9.17, 15) is 30.0 Å². The Hall–Kier alpha value is -1.78. The van der Waals surface area contributed by atoms with Gasteiger partial charge in [-0.15, -0.1) is 0 Å². The van der Waals surface area contributed by atoms with Crippen molar-refractivity contribution >= 4 is 11.9 Å². The maximum absolute atomic E-state index is 12.7. The lowest BCUT2D eigenvalue weighted by Crippen LogP contribution is -2.62. The van der Waals surface area contributed by atoms with Crippen LogP contribution in [0.1, 0.15) is 99.8 Å². The van der Waals surface area contributed by atoms with Crippen molar-refractivity contribution in [1.29, 1.82) is 0 Å². The molecule has 9 heteroatoms. The lowest BCUT2D eigenvalue weighted by Gasteiger charge is -2.61. The zero-order valence-corrected chi connectivity index (χ0v) is 28.9. The van der Waals surface area contributed by atoms with Crippen molar-refractivity contribution in [3.05, 3.63) is 23.8 Å². The van der Waals surface area contributed by atoms with Gasteiger partial charge in [-0.05, 0) is 105 Å². The number of carboxylic acids is 1. The highest BCUT2D eigenvalue weighted by molar-refractivity contribution is 5.70. The molecule has 1 aliphatic heterocycles. The highest BCUT2D eigenvalue weighted by Gasteiger charge is 2.62. The van der Waals surface area contributed by atoms with Gasteiger partial charge in [-0.1, -0.05) is 58.4 Å².